The molecule has 0 amide bonds. The maximum Gasteiger partial charge on any atom is 0.139 e. The van der Waals surface area contributed by atoms with E-state index in [4.69, 9.17) is 0 Å². The Morgan fingerprint density at radius 3 is 2.24 bits per heavy atom. The highest BCUT2D eigenvalue weighted by Gasteiger charge is 2.54. The highest BCUT2D eigenvalue weighted by atomic mass is 16.1. The monoisotopic (exact) mass is 342 g/mol. The molecule has 4 atom stereocenters. The van der Waals surface area contributed by atoms with Crippen LogP contribution in [-0.4, -0.2) is 5.78 Å². The molecule has 1 nitrogen and oxygen atoms in total. The lowest BCUT2D eigenvalue weighted by molar-refractivity contribution is -0.129. The lowest BCUT2D eigenvalue weighted by Crippen LogP contribution is -2.42. The number of aryl methyl sites for hydroxylation is 3. The zero-order valence-corrected chi connectivity index (χ0v) is 17.5. The summed E-state index contributed by atoms with van der Waals surface area (Å²) >= 11 is 0. The first kappa shape index (κ1) is 20.2. The number of carbonyl (C=O) groups excluding carboxylic acids is 1. The lowest BCUT2D eigenvalue weighted by Gasteiger charge is -2.48. The Morgan fingerprint density at radius 1 is 0.920 bits per heavy atom. The van der Waals surface area contributed by atoms with Crippen LogP contribution in [0.3, 0.4) is 0 Å². The third-order valence-electron chi connectivity index (χ3n) is 7.05. The molecule has 0 N–H and O–H groups in total. The van der Waals surface area contributed by atoms with E-state index in [-0.39, 0.29) is 5.41 Å². The molecule has 1 aromatic rings. The average molecular weight is 343 g/mol. The van der Waals surface area contributed by atoms with Crippen molar-refractivity contribution < 1.29 is 4.79 Å². The minimum absolute atomic E-state index is 0.0123. The number of hydrogen-bond donors (Lipinski definition) is 0. The molecule has 0 aliphatic heterocycles. The third kappa shape index (κ3) is 3.32. The van der Waals surface area contributed by atoms with E-state index in [9.17, 15) is 4.79 Å². The maximum absolute atomic E-state index is 12.3. The van der Waals surface area contributed by atoms with Crippen molar-refractivity contribution >= 4 is 5.78 Å². The lowest BCUT2D eigenvalue weighted by atomic mass is 9.55. The third-order valence-corrected chi connectivity index (χ3v) is 7.05. The van der Waals surface area contributed by atoms with Gasteiger partial charge in [0.25, 0.3) is 0 Å². The molecule has 3 aliphatic carbocycles. The number of fused-ring (bicyclic) bond motifs is 5. The average Bonchev–Trinajstić information content (AvgIpc) is 2.95. The quantitative estimate of drug-likeness (QED) is 0.508. The fourth-order valence-corrected chi connectivity index (χ4v) is 5.63. The number of Topliss-reactive ketones (excluding diaryl/α,β-unsaturated/α-hetero) is 1. The summed E-state index contributed by atoms with van der Waals surface area (Å²) < 4.78 is 0. The highest BCUT2D eigenvalue weighted by molar-refractivity contribution is 5.87. The molecule has 0 saturated heterocycles. The molecule has 0 spiro atoms. The second-order valence-corrected chi connectivity index (χ2v) is 7.97. The van der Waals surface area contributed by atoms with Crippen LogP contribution in [0.1, 0.15) is 94.9 Å². The summed E-state index contributed by atoms with van der Waals surface area (Å²) in [5.41, 5.74) is 6.09. The van der Waals surface area contributed by atoms with E-state index in [2.05, 4.69) is 32.9 Å². The zero-order chi connectivity index (χ0) is 18.8. The van der Waals surface area contributed by atoms with E-state index in [0.29, 0.717) is 11.7 Å². The van der Waals surface area contributed by atoms with Crippen molar-refractivity contribution in [2.75, 3.05) is 0 Å². The molecule has 2 fully saturated rings. The molecule has 1 heteroatoms. The molecule has 0 bridgehead atoms. The molecule has 0 aromatic heterocycles. The maximum atomic E-state index is 12.3. The first-order chi connectivity index (χ1) is 12.0. The van der Waals surface area contributed by atoms with Gasteiger partial charge in [0.2, 0.25) is 0 Å². The number of hydrogen-bond acceptors (Lipinski definition) is 1. The van der Waals surface area contributed by atoms with Crippen LogP contribution in [0.4, 0.5) is 0 Å². The van der Waals surface area contributed by atoms with Gasteiger partial charge in [0.05, 0.1) is 0 Å². The van der Waals surface area contributed by atoms with Crippen molar-refractivity contribution in [3.8, 4) is 0 Å². The van der Waals surface area contributed by atoms with Crippen LogP contribution in [-0.2, 0) is 11.2 Å². The van der Waals surface area contributed by atoms with Gasteiger partial charge < -0.3 is 0 Å². The molecule has 2 saturated carbocycles. The SMILES string of the molecule is CC.CC.Cc1cc2c(cc1C)C1CCC3(C)C(=O)CCC3C1CC2. The minimum Gasteiger partial charge on any atom is -0.299 e. The Balaban J connectivity index is 0.000000528. The summed E-state index contributed by atoms with van der Waals surface area (Å²) in [5, 5.41) is 0. The molecule has 4 rings (SSSR count). The zero-order valence-electron chi connectivity index (χ0n) is 17.5. The first-order valence-corrected chi connectivity index (χ1v) is 10.6. The van der Waals surface area contributed by atoms with Crippen molar-refractivity contribution in [1.29, 1.82) is 0 Å². The second-order valence-electron chi connectivity index (χ2n) is 7.97. The summed E-state index contributed by atoms with van der Waals surface area (Å²) in [4.78, 5) is 12.3. The van der Waals surface area contributed by atoms with Crippen LogP contribution in [0.15, 0.2) is 12.1 Å². The number of carbonyl (C=O) groups is 1. The van der Waals surface area contributed by atoms with Gasteiger partial charge >= 0.3 is 0 Å². The fourth-order valence-electron chi connectivity index (χ4n) is 5.63. The van der Waals surface area contributed by atoms with E-state index in [1.807, 2.05) is 27.7 Å². The van der Waals surface area contributed by atoms with Gasteiger partial charge in [-0.25, -0.2) is 0 Å². The topological polar surface area (TPSA) is 17.1 Å². The molecule has 0 heterocycles. The van der Waals surface area contributed by atoms with E-state index in [1.54, 1.807) is 11.1 Å². The van der Waals surface area contributed by atoms with Crippen molar-refractivity contribution in [3.05, 3.63) is 34.4 Å². The van der Waals surface area contributed by atoms with Gasteiger partial charge in [-0.05, 0) is 86.0 Å². The van der Waals surface area contributed by atoms with Gasteiger partial charge in [-0.3, -0.25) is 4.79 Å². The van der Waals surface area contributed by atoms with Crippen LogP contribution >= 0.6 is 0 Å². The Bertz CT molecular complexity index is 615. The van der Waals surface area contributed by atoms with E-state index < -0.39 is 0 Å². The van der Waals surface area contributed by atoms with E-state index >= 15 is 0 Å². The Morgan fingerprint density at radius 2 is 1.56 bits per heavy atom. The Labute approximate surface area is 155 Å². The predicted octanol–water partition coefficient (Wildman–Crippen LogP) is 6.78. The predicted molar refractivity (Wildman–Crippen MR) is 108 cm³/mol. The smallest absolute Gasteiger partial charge is 0.139 e. The Hall–Kier alpha value is -1.11. The second kappa shape index (κ2) is 8.06. The summed E-state index contributed by atoms with van der Waals surface area (Å²) in [6.45, 7) is 14.7. The largest absolute Gasteiger partial charge is 0.299 e. The molecule has 4 unspecified atom stereocenters. The number of ketones is 1. The van der Waals surface area contributed by atoms with Crippen molar-refractivity contribution in [3.63, 3.8) is 0 Å². The molecule has 140 valence electrons. The van der Waals surface area contributed by atoms with Crippen molar-refractivity contribution in [2.24, 2.45) is 17.3 Å². The van der Waals surface area contributed by atoms with Crippen LogP contribution in [0.5, 0.6) is 0 Å². The van der Waals surface area contributed by atoms with Gasteiger partial charge in [0.1, 0.15) is 5.78 Å². The molecule has 1 aromatic carbocycles. The molecular weight excluding hydrogens is 304 g/mol. The highest BCUT2D eigenvalue weighted by Crippen LogP contribution is 2.59. The summed E-state index contributed by atoms with van der Waals surface area (Å²) in [6, 6.07) is 4.88. The number of rotatable bonds is 0. The molecule has 25 heavy (non-hydrogen) atoms. The van der Waals surface area contributed by atoms with Crippen LogP contribution in [0.25, 0.3) is 0 Å². The first-order valence-electron chi connectivity index (χ1n) is 10.6. The number of benzene rings is 1. The summed E-state index contributed by atoms with van der Waals surface area (Å²) in [5.74, 6) is 2.68. The van der Waals surface area contributed by atoms with Crippen molar-refractivity contribution in [2.45, 2.75) is 92.9 Å². The van der Waals surface area contributed by atoms with Gasteiger partial charge in [0, 0.05) is 11.8 Å². The van der Waals surface area contributed by atoms with Gasteiger partial charge in [-0.1, -0.05) is 46.8 Å². The summed E-state index contributed by atoms with van der Waals surface area (Å²) in [7, 11) is 0. The van der Waals surface area contributed by atoms with Crippen LogP contribution < -0.4 is 0 Å². The van der Waals surface area contributed by atoms with Crippen LogP contribution in [0.2, 0.25) is 0 Å². The minimum atomic E-state index is 0.0123. The van der Waals surface area contributed by atoms with Gasteiger partial charge in [-0.2, -0.15) is 0 Å². The van der Waals surface area contributed by atoms with E-state index in [0.717, 1.165) is 31.1 Å². The fraction of sp³-hybridized carbons (Fsp3) is 0.708. The molecular formula is C24H38O. The van der Waals surface area contributed by atoms with Gasteiger partial charge in [0.15, 0.2) is 0 Å². The standard InChI is InChI=1S/C20H26O.2C2H6/c1-12-10-14-4-5-16-15(17(14)11-13(12)2)8-9-20(3)18(16)6-7-19(20)21;2*1-2/h10-11,15-16,18H,4-9H2,1-3H3;2*1-2H3. The van der Waals surface area contributed by atoms with E-state index in [1.165, 1.54) is 30.4 Å². The molecule has 0 radical (unpaired) electrons. The Kier molecular flexibility index (Phi) is 6.51. The van der Waals surface area contributed by atoms with Crippen LogP contribution in [0, 0.1) is 31.1 Å². The van der Waals surface area contributed by atoms with Crippen molar-refractivity contribution in [1.82, 2.24) is 0 Å². The van der Waals surface area contributed by atoms with Gasteiger partial charge in [-0.15, -0.1) is 0 Å². The normalized spacial score (nSPS) is 32.3. The summed E-state index contributed by atoms with van der Waals surface area (Å²) in [6.07, 6.45) is 6.84. The molecule has 3 aliphatic rings.